The smallest absolute Gasteiger partial charge is 0.306 e. The zero-order valence-electron chi connectivity index (χ0n) is 20.9. The van der Waals surface area contributed by atoms with Crippen LogP contribution in [0.25, 0.3) is 0 Å². The first-order valence-corrected chi connectivity index (χ1v) is 13.6. The molecule has 0 aliphatic heterocycles. The first-order valence-electron chi connectivity index (χ1n) is 13.6. The number of rotatable bonds is 24. The van der Waals surface area contributed by atoms with Crippen LogP contribution in [0.3, 0.4) is 0 Å². The van der Waals surface area contributed by atoms with Crippen molar-refractivity contribution < 1.29 is 19.7 Å². The van der Waals surface area contributed by atoms with Crippen molar-refractivity contribution in [1.29, 1.82) is 0 Å². The minimum atomic E-state index is -0.966. The maximum atomic E-state index is 12.1. The molecule has 0 heterocycles. The molecular weight excluding hydrogens is 388 g/mol. The van der Waals surface area contributed by atoms with Crippen LogP contribution in [0.1, 0.15) is 149 Å². The summed E-state index contributed by atoms with van der Waals surface area (Å²) in [5, 5.41) is 19.2. The molecular formula is C27H54O4. The van der Waals surface area contributed by atoms with Gasteiger partial charge in [-0.05, 0) is 19.3 Å². The van der Waals surface area contributed by atoms with E-state index < -0.39 is 12.2 Å². The molecule has 2 atom stereocenters. The van der Waals surface area contributed by atoms with Gasteiger partial charge in [0.15, 0.2) is 0 Å². The average molecular weight is 443 g/mol. The van der Waals surface area contributed by atoms with Gasteiger partial charge in [0.1, 0.15) is 12.2 Å². The maximum absolute atomic E-state index is 12.1. The standard InChI is InChI=1S/C27H54O4/c1-3-5-7-9-11-12-13-14-15-16-17-19-21-23-27(30)31-26(25(29)24-28)22-20-18-10-8-6-4-2/h25-26,28-29H,3-24H2,1-2H3. The maximum Gasteiger partial charge on any atom is 0.306 e. The summed E-state index contributed by atoms with van der Waals surface area (Å²) in [7, 11) is 0. The van der Waals surface area contributed by atoms with Crippen molar-refractivity contribution in [1.82, 2.24) is 0 Å². The van der Waals surface area contributed by atoms with Gasteiger partial charge in [0.05, 0.1) is 6.61 Å². The van der Waals surface area contributed by atoms with Crippen molar-refractivity contribution >= 4 is 5.97 Å². The molecule has 31 heavy (non-hydrogen) atoms. The lowest BCUT2D eigenvalue weighted by Gasteiger charge is -2.22. The Bertz CT molecular complexity index is 372. The van der Waals surface area contributed by atoms with E-state index in [2.05, 4.69) is 13.8 Å². The van der Waals surface area contributed by atoms with E-state index in [4.69, 9.17) is 4.74 Å². The molecule has 0 spiro atoms. The zero-order chi connectivity index (χ0) is 23.0. The Labute approximate surface area is 193 Å². The summed E-state index contributed by atoms with van der Waals surface area (Å²) in [5.41, 5.74) is 0. The lowest BCUT2D eigenvalue weighted by atomic mass is 10.0. The Morgan fingerprint density at radius 1 is 0.645 bits per heavy atom. The summed E-state index contributed by atoms with van der Waals surface area (Å²) in [4.78, 5) is 12.1. The quantitative estimate of drug-likeness (QED) is 0.120. The third-order valence-corrected chi connectivity index (χ3v) is 6.23. The van der Waals surface area contributed by atoms with Crippen LogP contribution in [0.2, 0.25) is 0 Å². The average Bonchev–Trinajstić information content (AvgIpc) is 2.77. The van der Waals surface area contributed by atoms with Crippen LogP contribution < -0.4 is 0 Å². The van der Waals surface area contributed by atoms with Gasteiger partial charge in [-0.15, -0.1) is 0 Å². The van der Waals surface area contributed by atoms with Gasteiger partial charge in [-0.25, -0.2) is 0 Å². The molecule has 0 bridgehead atoms. The van der Waals surface area contributed by atoms with Gasteiger partial charge in [-0.1, -0.05) is 123 Å². The molecule has 0 aromatic rings. The van der Waals surface area contributed by atoms with E-state index in [1.807, 2.05) is 0 Å². The highest BCUT2D eigenvalue weighted by Crippen LogP contribution is 2.16. The van der Waals surface area contributed by atoms with E-state index in [1.54, 1.807) is 0 Å². The molecule has 2 N–H and O–H groups in total. The highest BCUT2D eigenvalue weighted by atomic mass is 16.6. The number of ether oxygens (including phenoxy) is 1. The van der Waals surface area contributed by atoms with E-state index in [0.29, 0.717) is 12.8 Å². The molecule has 0 radical (unpaired) electrons. The molecule has 0 aliphatic rings. The Morgan fingerprint density at radius 2 is 1.03 bits per heavy atom. The normalized spacial score (nSPS) is 13.3. The molecule has 2 unspecified atom stereocenters. The fraction of sp³-hybridized carbons (Fsp3) is 0.963. The van der Waals surface area contributed by atoms with Crippen LogP contribution in [0.4, 0.5) is 0 Å². The van der Waals surface area contributed by atoms with E-state index in [-0.39, 0.29) is 12.6 Å². The summed E-state index contributed by atoms with van der Waals surface area (Å²) in [6.45, 7) is 4.11. The number of esters is 1. The number of aliphatic hydroxyl groups is 2. The fourth-order valence-electron chi connectivity index (χ4n) is 4.09. The molecule has 0 fully saturated rings. The number of unbranched alkanes of at least 4 members (excludes halogenated alkanes) is 17. The van der Waals surface area contributed by atoms with Gasteiger partial charge in [0, 0.05) is 6.42 Å². The summed E-state index contributed by atoms with van der Waals surface area (Å²) in [6.07, 6.45) is 23.1. The molecule has 0 saturated heterocycles. The van der Waals surface area contributed by atoms with Crippen LogP contribution in [-0.4, -0.2) is 35.0 Å². The van der Waals surface area contributed by atoms with Gasteiger partial charge in [-0.2, -0.15) is 0 Å². The number of carbonyl (C=O) groups is 1. The van der Waals surface area contributed by atoms with Crippen LogP contribution in [0.15, 0.2) is 0 Å². The monoisotopic (exact) mass is 442 g/mol. The van der Waals surface area contributed by atoms with E-state index in [9.17, 15) is 15.0 Å². The summed E-state index contributed by atoms with van der Waals surface area (Å²) in [5.74, 6) is -0.230. The molecule has 0 aliphatic carbocycles. The minimum absolute atomic E-state index is 0.230. The first kappa shape index (κ1) is 30.4. The highest BCUT2D eigenvalue weighted by molar-refractivity contribution is 5.69. The molecule has 4 nitrogen and oxygen atoms in total. The summed E-state index contributed by atoms with van der Waals surface area (Å²) >= 11 is 0. The zero-order valence-corrected chi connectivity index (χ0v) is 20.9. The van der Waals surface area contributed by atoms with Crippen molar-refractivity contribution in [2.75, 3.05) is 6.61 Å². The van der Waals surface area contributed by atoms with Crippen molar-refractivity contribution in [3.8, 4) is 0 Å². The molecule has 0 aromatic heterocycles. The molecule has 0 aromatic carbocycles. The molecule has 0 saturated carbocycles. The lowest BCUT2D eigenvalue weighted by Crippen LogP contribution is -2.34. The van der Waals surface area contributed by atoms with E-state index >= 15 is 0 Å². The molecule has 4 heteroatoms. The summed E-state index contributed by atoms with van der Waals surface area (Å²) in [6, 6.07) is 0. The van der Waals surface area contributed by atoms with Crippen LogP contribution >= 0.6 is 0 Å². The second kappa shape index (κ2) is 24.0. The topological polar surface area (TPSA) is 66.8 Å². The van der Waals surface area contributed by atoms with E-state index in [0.717, 1.165) is 25.7 Å². The second-order valence-electron chi connectivity index (χ2n) is 9.33. The SMILES string of the molecule is CCCCCCCCCCCCCCCC(=O)OC(CCCCCCCC)C(O)CO. The largest absolute Gasteiger partial charge is 0.460 e. The third kappa shape index (κ3) is 21.0. The van der Waals surface area contributed by atoms with Gasteiger partial charge < -0.3 is 14.9 Å². The molecule has 186 valence electrons. The van der Waals surface area contributed by atoms with Crippen LogP contribution in [0, 0.1) is 0 Å². The number of hydrogen-bond acceptors (Lipinski definition) is 4. The second-order valence-corrected chi connectivity index (χ2v) is 9.33. The fourth-order valence-corrected chi connectivity index (χ4v) is 4.09. The first-order chi connectivity index (χ1) is 15.2. The minimum Gasteiger partial charge on any atom is -0.460 e. The van der Waals surface area contributed by atoms with Crippen molar-refractivity contribution in [2.45, 2.75) is 161 Å². The Hall–Kier alpha value is -0.610. The number of hydrogen-bond donors (Lipinski definition) is 2. The highest BCUT2D eigenvalue weighted by Gasteiger charge is 2.22. The Kier molecular flexibility index (Phi) is 23.6. The Balaban J connectivity index is 3.65. The Morgan fingerprint density at radius 3 is 1.45 bits per heavy atom. The third-order valence-electron chi connectivity index (χ3n) is 6.23. The van der Waals surface area contributed by atoms with Gasteiger partial charge in [0.25, 0.3) is 0 Å². The van der Waals surface area contributed by atoms with Gasteiger partial charge in [-0.3, -0.25) is 4.79 Å². The van der Waals surface area contributed by atoms with Crippen LogP contribution in [0.5, 0.6) is 0 Å². The number of carbonyl (C=O) groups excluding carboxylic acids is 1. The molecule has 0 amide bonds. The predicted octanol–water partition coefficient (Wildman–Crippen LogP) is 7.48. The van der Waals surface area contributed by atoms with Gasteiger partial charge >= 0.3 is 5.97 Å². The predicted molar refractivity (Wildman–Crippen MR) is 131 cm³/mol. The summed E-state index contributed by atoms with van der Waals surface area (Å²) < 4.78 is 5.49. The number of aliphatic hydroxyl groups excluding tert-OH is 2. The van der Waals surface area contributed by atoms with Crippen molar-refractivity contribution in [3.63, 3.8) is 0 Å². The lowest BCUT2D eigenvalue weighted by molar-refractivity contribution is -0.157. The van der Waals surface area contributed by atoms with Crippen LogP contribution in [-0.2, 0) is 9.53 Å². The van der Waals surface area contributed by atoms with Crippen molar-refractivity contribution in [2.24, 2.45) is 0 Å². The van der Waals surface area contributed by atoms with E-state index in [1.165, 1.54) is 96.3 Å². The molecule has 0 rings (SSSR count). The van der Waals surface area contributed by atoms with Crippen molar-refractivity contribution in [3.05, 3.63) is 0 Å². The van der Waals surface area contributed by atoms with Gasteiger partial charge in [0.2, 0.25) is 0 Å².